The van der Waals surface area contributed by atoms with Crippen LogP contribution in [0.15, 0.2) is 84.1 Å². The number of hydrogen-bond acceptors (Lipinski definition) is 5. The Labute approximate surface area is 207 Å². The monoisotopic (exact) mass is 483 g/mol. The lowest BCUT2D eigenvalue weighted by Crippen LogP contribution is -2.15. The normalized spacial score (nSPS) is 11.0. The van der Waals surface area contributed by atoms with E-state index in [4.69, 9.17) is 4.74 Å². The molecule has 0 radical (unpaired) electrons. The molecule has 0 saturated carbocycles. The number of carbonyl (C=O) groups excluding carboxylic acids is 1. The molecule has 8 heteroatoms. The highest BCUT2D eigenvalue weighted by Gasteiger charge is 2.20. The summed E-state index contributed by atoms with van der Waals surface area (Å²) in [7, 11) is 0. The minimum atomic E-state index is -0.0980. The molecule has 0 spiro atoms. The molecule has 5 aromatic rings. The number of para-hydroxylation sites is 2. The number of ether oxygens (including phenoxy) is 1. The topological polar surface area (TPSA) is 84.8 Å². The van der Waals surface area contributed by atoms with Crippen LogP contribution in [0.4, 0.5) is 5.69 Å². The summed E-state index contributed by atoms with van der Waals surface area (Å²) in [6.07, 6.45) is 1.94. The molecule has 0 saturated heterocycles. The van der Waals surface area contributed by atoms with Crippen molar-refractivity contribution in [1.82, 2.24) is 19.7 Å². The number of hydrogen-bond donors (Lipinski definition) is 2. The molecule has 176 valence electrons. The minimum Gasteiger partial charge on any atom is -0.494 e. The zero-order chi connectivity index (χ0) is 24.2. The average molecular weight is 484 g/mol. The first-order valence-corrected chi connectivity index (χ1v) is 12.4. The van der Waals surface area contributed by atoms with E-state index in [1.807, 2.05) is 91.3 Å². The highest BCUT2D eigenvalue weighted by Crippen LogP contribution is 2.33. The largest absolute Gasteiger partial charge is 0.494 e. The molecule has 0 bridgehead atoms. The van der Waals surface area contributed by atoms with Gasteiger partial charge in [-0.05, 0) is 55.8 Å². The van der Waals surface area contributed by atoms with E-state index in [0.29, 0.717) is 17.6 Å². The SMILES string of the molecule is CCOc1ccc(-n2c(SCC(=O)Nc3ccccc3C)nnc2-c2c[nH]c3ccccc23)cc1. The number of amides is 1. The zero-order valence-electron chi connectivity index (χ0n) is 19.5. The van der Waals surface area contributed by atoms with E-state index in [0.717, 1.165) is 39.2 Å². The number of aromatic amines is 1. The van der Waals surface area contributed by atoms with Crippen molar-refractivity contribution in [3.05, 3.63) is 84.6 Å². The van der Waals surface area contributed by atoms with Gasteiger partial charge in [-0.25, -0.2) is 0 Å². The van der Waals surface area contributed by atoms with Gasteiger partial charge in [-0.1, -0.05) is 48.2 Å². The number of aromatic nitrogens is 4. The summed E-state index contributed by atoms with van der Waals surface area (Å²) in [6.45, 7) is 4.53. The molecular weight excluding hydrogens is 458 g/mol. The van der Waals surface area contributed by atoms with Crippen LogP contribution in [0, 0.1) is 6.92 Å². The van der Waals surface area contributed by atoms with Gasteiger partial charge >= 0.3 is 0 Å². The van der Waals surface area contributed by atoms with Crippen LogP contribution in [0.3, 0.4) is 0 Å². The molecule has 0 atom stereocenters. The van der Waals surface area contributed by atoms with E-state index in [1.165, 1.54) is 11.8 Å². The first-order valence-electron chi connectivity index (χ1n) is 11.4. The lowest BCUT2D eigenvalue weighted by molar-refractivity contribution is -0.113. The molecule has 5 rings (SSSR count). The van der Waals surface area contributed by atoms with Gasteiger partial charge in [0.25, 0.3) is 0 Å². The first kappa shape index (κ1) is 22.7. The van der Waals surface area contributed by atoms with Crippen molar-refractivity contribution in [1.29, 1.82) is 0 Å². The standard InChI is InChI=1S/C27H25N5O2S/c1-3-34-20-14-12-19(13-15-20)32-26(22-16-28-24-11-7-5-9-21(22)24)30-31-27(32)35-17-25(33)29-23-10-6-4-8-18(23)2/h4-16,28H,3,17H2,1-2H3,(H,29,33). The highest BCUT2D eigenvalue weighted by atomic mass is 32.2. The number of fused-ring (bicyclic) bond motifs is 1. The lowest BCUT2D eigenvalue weighted by atomic mass is 10.1. The van der Waals surface area contributed by atoms with Gasteiger partial charge in [0.1, 0.15) is 5.75 Å². The molecule has 1 amide bonds. The molecule has 2 aromatic heterocycles. The fourth-order valence-electron chi connectivity index (χ4n) is 3.91. The van der Waals surface area contributed by atoms with Crippen LogP contribution in [-0.4, -0.2) is 38.0 Å². The van der Waals surface area contributed by atoms with Crippen LogP contribution < -0.4 is 10.1 Å². The van der Waals surface area contributed by atoms with Crippen LogP contribution in [-0.2, 0) is 4.79 Å². The summed E-state index contributed by atoms with van der Waals surface area (Å²) >= 11 is 1.35. The number of nitrogens with zero attached hydrogens (tertiary/aromatic N) is 3. The van der Waals surface area contributed by atoms with Gasteiger partial charge in [-0.2, -0.15) is 0 Å². The Hall–Kier alpha value is -4.04. The van der Waals surface area contributed by atoms with Crippen LogP contribution in [0.1, 0.15) is 12.5 Å². The molecule has 0 fully saturated rings. The maximum Gasteiger partial charge on any atom is 0.234 e. The Balaban J connectivity index is 1.48. The molecule has 0 aliphatic carbocycles. The van der Waals surface area contributed by atoms with Crippen molar-refractivity contribution in [2.24, 2.45) is 0 Å². The number of nitrogens with one attached hydrogen (secondary N) is 2. The van der Waals surface area contributed by atoms with Crippen LogP contribution in [0.5, 0.6) is 5.75 Å². The molecule has 3 aromatic carbocycles. The van der Waals surface area contributed by atoms with Gasteiger partial charge in [0.05, 0.1) is 12.4 Å². The molecule has 35 heavy (non-hydrogen) atoms. The number of rotatable bonds is 8. The molecule has 2 heterocycles. The molecular formula is C27H25N5O2S. The first-order chi connectivity index (χ1) is 17.1. The summed E-state index contributed by atoms with van der Waals surface area (Å²) < 4.78 is 7.59. The van der Waals surface area contributed by atoms with Gasteiger partial charge < -0.3 is 15.0 Å². The van der Waals surface area contributed by atoms with Crippen molar-refractivity contribution in [3.63, 3.8) is 0 Å². The van der Waals surface area contributed by atoms with Gasteiger partial charge in [-0.3, -0.25) is 9.36 Å². The van der Waals surface area contributed by atoms with E-state index in [-0.39, 0.29) is 11.7 Å². The molecule has 0 aliphatic rings. The smallest absolute Gasteiger partial charge is 0.234 e. The summed E-state index contributed by atoms with van der Waals surface area (Å²) in [5.74, 6) is 1.61. The van der Waals surface area contributed by atoms with E-state index < -0.39 is 0 Å². The second-order valence-electron chi connectivity index (χ2n) is 7.97. The van der Waals surface area contributed by atoms with Crippen molar-refractivity contribution < 1.29 is 9.53 Å². The van der Waals surface area contributed by atoms with Crippen LogP contribution in [0.2, 0.25) is 0 Å². The number of carbonyl (C=O) groups is 1. The molecule has 0 aliphatic heterocycles. The maximum atomic E-state index is 12.7. The average Bonchev–Trinajstić information content (AvgIpc) is 3.49. The van der Waals surface area contributed by atoms with E-state index in [9.17, 15) is 4.79 Å². The summed E-state index contributed by atoms with van der Waals surface area (Å²) in [6, 6.07) is 23.6. The third-order valence-electron chi connectivity index (χ3n) is 5.62. The maximum absolute atomic E-state index is 12.7. The number of aryl methyl sites for hydroxylation is 1. The second-order valence-corrected chi connectivity index (χ2v) is 8.91. The Kier molecular flexibility index (Phi) is 6.54. The fourth-order valence-corrected chi connectivity index (χ4v) is 4.67. The van der Waals surface area contributed by atoms with Gasteiger partial charge in [-0.15, -0.1) is 10.2 Å². The number of benzene rings is 3. The quantitative estimate of drug-likeness (QED) is 0.270. The number of thioether (sulfide) groups is 1. The van der Waals surface area contributed by atoms with Crippen molar-refractivity contribution in [2.75, 3.05) is 17.7 Å². The molecule has 0 unspecified atom stereocenters. The van der Waals surface area contributed by atoms with Gasteiger partial charge in [0.15, 0.2) is 11.0 Å². The van der Waals surface area contributed by atoms with Crippen molar-refractivity contribution >= 4 is 34.3 Å². The van der Waals surface area contributed by atoms with E-state index in [2.05, 4.69) is 26.6 Å². The third-order valence-corrected chi connectivity index (χ3v) is 6.55. The Morgan fingerprint density at radius 3 is 2.60 bits per heavy atom. The number of H-pyrrole nitrogens is 1. The highest BCUT2D eigenvalue weighted by molar-refractivity contribution is 7.99. The Morgan fingerprint density at radius 1 is 1.03 bits per heavy atom. The summed E-state index contributed by atoms with van der Waals surface area (Å²) in [5.41, 5.74) is 4.69. The van der Waals surface area contributed by atoms with Crippen molar-refractivity contribution in [3.8, 4) is 22.8 Å². The second kappa shape index (κ2) is 10.1. The Morgan fingerprint density at radius 2 is 1.80 bits per heavy atom. The molecule has 2 N–H and O–H groups in total. The third kappa shape index (κ3) is 4.79. The van der Waals surface area contributed by atoms with Gasteiger partial charge in [0.2, 0.25) is 5.91 Å². The van der Waals surface area contributed by atoms with E-state index in [1.54, 1.807) is 0 Å². The van der Waals surface area contributed by atoms with Crippen LogP contribution in [0.25, 0.3) is 28.0 Å². The minimum absolute atomic E-state index is 0.0980. The molecule has 7 nitrogen and oxygen atoms in total. The van der Waals surface area contributed by atoms with E-state index >= 15 is 0 Å². The summed E-state index contributed by atoms with van der Waals surface area (Å²) in [5, 5.41) is 13.7. The number of anilines is 1. The van der Waals surface area contributed by atoms with Gasteiger partial charge in [0, 0.05) is 34.0 Å². The predicted molar refractivity (Wildman–Crippen MR) is 140 cm³/mol. The van der Waals surface area contributed by atoms with Crippen molar-refractivity contribution in [2.45, 2.75) is 19.0 Å². The van der Waals surface area contributed by atoms with Crippen LogP contribution >= 0.6 is 11.8 Å². The summed E-state index contributed by atoms with van der Waals surface area (Å²) in [4.78, 5) is 16.0. The fraction of sp³-hybridized carbons (Fsp3) is 0.148. The Bertz CT molecular complexity index is 1470. The predicted octanol–water partition coefficient (Wildman–Crippen LogP) is 5.85. The lowest BCUT2D eigenvalue weighted by Gasteiger charge is -2.12. The zero-order valence-corrected chi connectivity index (χ0v) is 20.3.